The number of para-hydroxylation sites is 1. The minimum Gasteiger partial charge on any atom is -0.489 e. The second-order valence-electron chi connectivity index (χ2n) is 5.49. The Morgan fingerprint density at radius 3 is 2.75 bits per heavy atom. The van der Waals surface area contributed by atoms with Crippen LogP contribution in [0.2, 0.25) is 0 Å². The molecule has 0 radical (unpaired) electrons. The molecule has 0 saturated carbocycles. The van der Waals surface area contributed by atoms with Crippen LogP contribution in [0, 0.1) is 6.92 Å². The highest BCUT2D eigenvalue weighted by atomic mass is 16.5. The molecule has 2 rings (SSSR count). The standard InChI is InChI=1S/C17H24N2O/c1-12(2)20-16-9-6-8-15-14(7-4-5-10-18)11-13(3)19-17(15)16/h6,8-9,11-12H,4-5,7,10,18H2,1-3H3. The monoisotopic (exact) mass is 272 g/mol. The zero-order valence-electron chi connectivity index (χ0n) is 12.6. The Balaban J connectivity index is 2.43. The van der Waals surface area contributed by atoms with Crippen LogP contribution < -0.4 is 10.5 Å². The topological polar surface area (TPSA) is 48.1 Å². The molecule has 0 fully saturated rings. The first kappa shape index (κ1) is 14.8. The van der Waals surface area contributed by atoms with Crippen LogP contribution in [0.4, 0.5) is 0 Å². The summed E-state index contributed by atoms with van der Waals surface area (Å²) in [6.45, 7) is 6.87. The van der Waals surface area contributed by atoms with Crippen LogP contribution >= 0.6 is 0 Å². The van der Waals surface area contributed by atoms with Crippen LogP contribution in [0.3, 0.4) is 0 Å². The number of nitrogens with zero attached hydrogens (tertiary/aromatic N) is 1. The number of fused-ring (bicyclic) bond motifs is 1. The van der Waals surface area contributed by atoms with Gasteiger partial charge in [0.2, 0.25) is 0 Å². The molecule has 0 atom stereocenters. The molecule has 0 bridgehead atoms. The summed E-state index contributed by atoms with van der Waals surface area (Å²) in [4.78, 5) is 4.67. The van der Waals surface area contributed by atoms with Crippen molar-refractivity contribution in [3.05, 3.63) is 35.5 Å². The fraction of sp³-hybridized carbons (Fsp3) is 0.471. The Bertz CT molecular complexity index is 578. The number of nitrogens with two attached hydrogens (primary N) is 1. The Labute approximate surface area is 121 Å². The van der Waals surface area contributed by atoms with Crippen LogP contribution in [0.1, 0.15) is 37.9 Å². The molecular weight excluding hydrogens is 248 g/mol. The summed E-state index contributed by atoms with van der Waals surface area (Å²) in [5.74, 6) is 0.876. The van der Waals surface area contributed by atoms with Gasteiger partial charge >= 0.3 is 0 Å². The predicted molar refractivity (Wildman–Crippen MR) is 84.2 cm³/mol. The van der Waals surface area contributed by atoms with Crippen LogP contribution in [0.15, 0.2) is 24.3 Å². The van der Waals surface area contributed by atoms with Crippen molar-refractivity contribution in [3.8, 4) is 5.75 Å². The third kappa shape index (κ3) is 3.48. The average molecular weight is 272 g/mol. The Morgan fingerprint density at radius 2 is 2.05 bits per heavy atom. The molecule has 0 aliphatic heterocycles. The molecule has 108 valence electrons. The molecule has 0 aliphatic carbocycles. The fourth-order valence-corrected chi connectivity index (χ4v) is 2.45. The molecule has 0 aliphatic rings. The Morgan fingerprint density at radius 1 is 1.25 bits per heavy atom. The van der Waals surface area contributed by atoms with Crippen LogP contribution in [0.25, 0.3) is 10.9 Å². The molecule has 0 spiro atoms. The average Bonchev–Trinajstić information content (AvgIpc) is 2.39. The summed E-state index contributed by atoms with van der Waals surface area (Å²) in [5.41, 5.74) is 8.94. The van der Waals surface area contributed by atoms with Crippen molar-refractivity contribution in [2.24, 2.45) is 5.73 Å². The van der Waals surface area contributed by atoms with Crippen molar-refractivity contribution in [3.63, 3.8) is 0 Å². The molecule has 3 nitrogen and oxygen atoms in total. The van der Waals surface area contributed by atoms with Crippen LogP contribution in [-0.4, -0.2) is 17.6 Å². The first-order chi connectivity index (χ1) is 9.61. The second-order valence-corrected chi connectivity index (χ2v) is 5.49. The largest absolute Gasteiger partial charge is 0.489 e. The minimum atomic E-state index is 0.156. The number of hydrogen-bond acceptors (Lipinski definition) is 3. The number of pyridine rings is 1. The lowest BCUT2D eigenvalue weighted by Gasteiger charge is -2.14. The number of aromatic nitrogens is 1. The zero-order chi connectivity index (χ0) is 14.5. The normalized spacial score (nSPS) is 11.2. The lowest BCUT2D eigenvalue weighted by atomic mass is 10.0. The van der Waals surface area contributed by atoms with Crippen molar-refractivity contribution in [1.29, 1.82) is 0 Å². The van der Waals surface area contributed by atoms with Crippen molar-refractivity contribution in [2.75, 3.05) is 6.54 Å². The van der Waals surface area contributed by atoms with Gasteiger partial charge in [0.15, 0.2) is 0 Å². The van der Waals surface area contributed by atoms with Gasteiger partial charge in [-0.1, -0.05) is 12.1 Å². The van der Waals surface area contributed by atoms with Crippen molar-refractivity contribution >= 4 is 10.9 Å². The van der Waals surface area contributed by atoms with E-state index in [2.05, 4.69) is 17.1 Å². The van der Waals surface area contributed by atoms with E-state index in [4.69, 9.17) is 10.5 Å². The SMILES string of the molecule is Cc1cc(CCCCN)c2cccc(OC(C)C)c2n1. The lowest BCUT2D eigenvalue weighted by molar-refractivity contribution is 0.245. The smallest absolute Gasteiger partial charge is 0.145 e. The van der Waals surface area contributed by atoms with Gasteiger partial charge in [-0.3, -0.25) is 0 Å². The maximum absolute atomic E-state index is 5.88. The number of hydrogen-bond donors (Lipinski definition) is 1. The van der Waals surface area contributed by atoms with E-state index in [0.29, 0.717) is 0 Å². The minimum absolute atomic E-state index is 0.156. The molecule has 1 aromatic carbocycles. The number of benzene rings is 1. The Kier molecular flexibility index (Phi) is 4.96. The summed E-state index contributed by atoms with van der Waals surface area (Å²) >= 11 is 0. The third-order valence-electron chi connectivity index (χ3n) is 3.28. The summed E-state index contributed by atoms with van der Waals surface area (Å²) < 4.78 is 5.88. The molecule has 20 heavy (non-hydrogen) atoms. The van der Waals surface area contributed by atoms with E-state index in [-0.39, 0.29) is 6.10 Å². The van der Waals surface area contributed by atoms with Crippen LogP contribution in [-0.2, 0) is 6.42 Å². The molecule has 3 heteroatoms. The first-order valence-corrected chi connectivity index (χ1v) is 7.37. The summed E-state index contributed by atoms with van der Waals surface area (Å²) in [6.07, 6.45) is 3.38. The molecular formula is C17H24N2O. The van der Waals surface area contributed by atoms with E-state index in [1.165, 1.54) is 10.9 Å². The van der Waals surface area contributed by atoms with Gasteiger partial charge in [0.25, 0.3) is 0 Å². The van der Waals surface area contributed by atoms with E-state index in [1.54, 1.807) is 0 Å². The van der Waals surface area contributed by atoms with Crippen molar-refractivity contribution < 1.29 is 4.74 Å². The summed E-state index contributed by atoms with van der Waals surface area (Å²) in [5, 5.41) is 1.20. The van der Waals surface area contributed by atoms with E-state index in [9.17, 15) is 0 Å². The maximum Gasteiger partial charge on any atom is 0.145 e. The van der Waals surface area contributed by atoms with E-state index < -0.39 is 0 Å². The molecule has 0 amide bonds. The van der Waals surface area contributed by atoms with Gasteiger partial charge in [0, 0.05) is 11.1 Å². The van der Waals surface area contributed by atoms with Gasteiger partial charge in [0.1, 0.15) is 11.3 Å². The summed E-state index contributed by atoms with van der Waals surface area (Å²) in [7, 11) is 0. The molecule has 2 N–H and O–H groups in total. The maximum atomic E-state index is 5.88. The highest BCUT2D eigenvalue weighted by molar-refractivity contribution is 5.87. The predicted octanol–water partition coefficient (Wildman–Crippen LogP) is 3.61. The zero-order valence-corrected chi connectivity index (χ0v) is 12.6. The first-order valence-electron chi connectivity index (χ1n) is 7.37. The van der Waals surface area contributed by atoms with Crippen molar-refractivity contribution in [2.45, 2.75) is 46.1 Å². The fourth-order valence-electron chi connectivity index (χ4n) is 2.45. The van der Waals surface area contributed by atoms with Gasteiger partial charge in [-0.2, -0.15) is 0 Å². The highest BCUT2D eigenvalue weighted by Crippen LogP contribution is 2.28. The van der Waals surface area contributed by atoms with Gasteiger partial charge < -0.3 is 10.5 Å². The second kappa shape index (κ2) is 6.71. The van der Waals surface area contributed by atoms with Gasteiger partial charge in [-0.05, 0) is 64.3 Å². The van der Waals surface area contributed by atoms with Gasteiger partial charge in [-0.25, -0.2) is 4.98 Å². The number of rotatable bonds is 6. The van der Waals surface area contributed by atoms with E-state index in [0.717, 1.165) is 42.8 Å². The van der Waals surface area contributed by atoms with Crippen LogP contribution in [0.5, 0.6) is 5.75 Å². The lowest BCUT2D eigenvalue weighted by Crippen LogP contribution is -2.07. The Hall–Kier alpha value is -1.61. The molecule has 0 saturated heterocycles. The highest BCUT2D eigenvalue weighted by Gasteiger charge is 2.10. The van der Waals surface area contributed by atoms with E-state index in [1.807, 2.05) is 32.9 Å². The molecule has 2 aromatic rings. The third-order valence-corrected chi connectivity index (χ3v) is 3.28. The quantitative estimate of drug-likeness (QED) is 0.817. The summed E-state index contributed by atoms with van der Waals surface area (Å²) in [6, 6.07) is 8.35. The molecule has 0 unspecified atom stereocenters. The molecule has 1 aromatic heterocycles. The van der Waals surface area contributed by atoms with Gasteiger partial charge in [-0.15, -0.1) is 0 Å². The van der Waals surface area contributed by atoms with Crippen molar-refractivity contribution in [1.82, 2.24) is 4.98 Å². The molecule has 1 heterocycles. The number of unbranched alkanes of at least 4 members (excludes halogenated alkanes) is 1. The number of aryl methyl sites for hydroxylation is 2. The number of ether oxygens (including phenoxy) is 1. The van der Waals surface area contributed by atoms with E-state index >= 15 is 0 Å². The van der Waals surface area contributed by atoms with Gasteiger partial charge in [0.05, 0.1) is 6.10 Å².